The van der Waals surface area contributed by atoms with Gasteiger partial charge in [0.05, 0.1) is 12.8 Å². The summed E-state index contributed by atoms with van der Waals surface area (Å²) >= 11 is 0. The Bertz CT molecular complexity index is 1260. The second-order valence-electron chi connectivity index (χ2n) is 7.59. The SMILES string of the molecule is COc1ccccc1Oc1c(NS(=O)(=O)c2ccc(C(C)C)cn2)cccc1OCCOC(N)=O. The van der Waals surface area contributed by atoms with Crippen molar-refractivity contribution in [3.05, 3.63) is 66.4 Å². The molecule has 3 rings (SSSR count). The molecular weight excluding hydrogens is 474 g/mol. The second kappa shape index (κ2) is 11.4. The summed E-state index contributed by atoms with van der Waals surface area (Å²) in [6.45, 7) is 3.83. The van der Waals surface area contributed by atoms with E-state index in [4.69, 9.17) is 19.9 Å². The van der Waals surface area contributed by atoms with E-state index in [1.807, 2.05) is 13.8 Å². The summed E-state index contributed by atoms with van der Waals surface area (Å²) < 4.78 is 50.5. The molecule has 0 aliphatic carbocycles. The lowest BCUT2D eigenvalue weighted by Crippen LogP contribution is -2.18. The number of hydrogen-bond acceptors (Lipinski definition) is 8. The Morgan fingerprint density at radius 1 is 1.00 bits per heavy atom. The Morgan fingerprint density at radius 3 is 2.34 bits per heavy atom. The third kappa shape index (κ3) is 6.76. The van der Waals surface area contributed by atoms with Gasteiger partial charge >= 0.3 is 6.09 Å². The van der Waals surface area contributed by atoms with Crippen molar-refractivity contribution in [3.8, 4) is 23.0 Å². The number of amides is 1. The monoisotopic (exact) mass is 501 g/mol. The normalized spacial score (nSPS) is 11.1. The molecule has 1 aromatic heterocycles. The average Bonchev–Trinajstić information content (AvgIpc) is 2.83. The number of ether oxygens (including phenoxy) is 4. The third-order valence-electron chi connectivity index (χ3n) is 4.79. The van der Waals surface area contributed by atoms with Gasteiger partial charge in [-0.2, -0.15) is 8.42 Å². The molecule has 0 saturated heterocycles. The number of sulfonamides is 1. The largest absolute Gasteiger partial charge is 0.493 e. The summed E-state index contributed by atoms with van der Waals surface area (Å²) in [6, 6.07) is 14.7. The number of hydrogen-bond donors (Lipinski definition) is 2. The van der Waals surface area contributed by atoms with E-state index in [-0.39, 0.29) is 41.3 Å². The van der Waals surface area contributed by atoms with Gasteiger partial charge in [0, 0.05) is 6.20 Å². The van der Waals surface area contributed by atoms with Gasteiger partial charge in [-0.15, -0.1) is 0 Å². The molecule has 0 unspecified atom stereocenters. The molecule has 0 radical (unpaired) electrons. The summed E-state index contributed by atoms with van der Waals surface area (Å²) in [7, 11) is -2.57. The highest BCUT2D eigenvalue weighted by Crippen LogP contribution is 2.42. The molecule has 0 bridgehead atoms. The summed E-state index contributed by atoms with van der Waals surface area (Å²) in [5.74, 6) is 1.25. The third-order valence-corrected chi connectivity index (χ3v) is 6.07. The number of rotatable bonds is 11. The first kappa shape index (κ1) is 25.6. The molecule has 3 aromatic rings. The number of primary amides is 1. The fourth-order valence-electron chi connectivity index (χ4n) is 3.01. The van der Waals surface area contributed by atoms with E-state index >= 15 is 0 Å². The maximum Gasteiger partial charge on any atom is 0.404 e. The number of para-hydroxylation sites is 3. The summed E-state index contributed by atoms with van der Waals surface area (Å²) in [4.78, 5) is 14.9. The minimum absolute atomic E-state index is 0.0420. The van der Waals surface area contributed by atoms with E-state index in [0.29, 0.717) is 11.5 Å². The Hall–Kier alpha value is -3.99. The molecule has 0 aliphatic rings. The molecule has 10 nitrogen and oxygen atoms in total. The van der Waals surface area contributed by atoms with Crippen LogP contribution >= 0.6 is 0 Å². The van der Waals surface area contributed by atoms with Crippen LogP contribution in [0.4, 0.5) is 10.5 Å². The van der Waals surface area contributed by atoms with Gasteiger partial charge in [-0.25, -0.2) is 9.78 Å². The minimum atomic E-state index is -4.05. The topological polar surface area (TPSA) is 139 Å². The maximum absolute atomic E-state index is 13.1. The lowest BCUT2D eigenvalue weighted by molar-refractivity contribution is 0.133. The van der Waals surface area contributed by atoms with Crippen LogP contribution in [0.3, 0.4) is 0 Å². The number of carbonyl (C=O) groups is 1. The number of pyridine rings is 1. The zero-order valence-corrected chi connectivity index (χ0v) is 20.4. The lowest BCUT2D eigenvalue weighted by Gasteiger charge is -2.18. The van der Waals surface area contributed by atoms with Gasteiger partial charge in [-0.05, 0) is 41.8 Å². The summed E-state index contributed by atoms with van der Waals surface area (Å²) in [5, 5.41) is -0.147. The average molecular weight is 502 g/mol. The Labute approximate surface area is 204 Å². The van der Waals surface area contributed by atoms with Crippen molar-refractivity contribution in [2.75, 3.05) is 25.0 Å². The van der Waals surface area contributed by atoms with Gasteiger partial charge in [0.15, 0.2) is 28.0 Å². The first-order valence-corrected chi connectivity index (χ1v) is 12.2. The summed E-state index contributed by atoms with van der Waals surface area (Å²) in [5.41, 5.74) is 6.00. The number of methoxy groups -OCH3 is 1. The van der Waals surface area contributed by atoms with E-state index in [9.17, 15) is 13.2 Å². The van der Waals surface area contributed by atoms with Crippen LogP contribution in [-0.2, 0) is 14.8 Å². The number of aromatic nitrogens is 1. The number of carbonyl (C=O) groups excluding carboxylic acids is 1. The molecule has 3 N–H and O–H groups in total. The van der Waals surface area contributed by atoms with Gasteiger partial charge in [-0.3, -0.25) is 4.72 Å². The van der Waals surface area contributed by atoms with Crippen molar-refractivity contribution < 1.29 is 32.2 Å². The Morgan fingerprint density at radius 2 is 1.71 bits per heavy atom. The molecule has 186 valence electrons. The fraction of sp³-hybridized carbons (Fsp3) is 0.250. The zero-order valence-electron chi connectivity index (χ0n) is 19.6. The van der Waals surface area contributed by atoms with Crippen LogP contribution in [-0.4, -0.2) is 39.8 Å². The van der Waals surface area contributed by atoms with Crippen LogP contribution in [0.1, 0.15) is 25.3 Å². The van der Waals surface area contributed by atoms with Gasteiger partial charge < -0.3 is 24.7 Å². The van der Waals surface area contributed by atoms with E-state index in [1.54, 1.807) is 42.5 Å². The van der Waals surface area contributed by atoms with Gasteiger partial charge in [0.1, 0.15) is 13.2 Å². The molecule has 1 amide bonds. The Kier molecular flexibility index (Phi) is 8.37. The number of nitrogens with two attached hydrogens (primary N) is 1. The van der Waals surface area contributed by atoms with Gasteiger partial charge in [-0.1, -0.05) is 38.1 Å². The highest BCUT2D eigenvalue weighted by atomic mass is 32.2. The standard InChI is InChI=1S/C24H27N3O7S/c1-16(2)17-11-12-22(26-15-17)35(29,30)27-18-7-6-10-21(32-13-14-33-24(25)28)23(18)34-20-9-5-4-8-19(20)31-3/h4-12,15-16,27H,13-14H2,1-3H3,(H2,25,28). The molecule has 1 heterocycles. The lowest BCUT2D eigenvalue weighted by atomic mass is 10.1. The summed E-state index contributed by atoms with van der Waals surface area (Å²) in [6.07, 6.45) is 0.598. The van der Waals surface area contributed by atoms with E-state index in [2.05, 4.69) is 14.4 Å². The molecule has 0 atom stereocenters. The highest BCUT2D eigenvalue weighted by molar-refractivity contribution is 7.92. The van der Waals surface area contributed by atoms with Crippen molar-refractivity contribution in [1.29, 1.82) is 0 Å². The zero-order chi connectivity index (χ0) is 25.4. The maximum atomic E-state index is 13.1. The molecule has 2 aromatic carbocycles. The van der Waals surface area contributed by atoms with Crippen molar-refractivity contribution in [2.24, 2.45) is 5.73 Å². The first-order chi connectivity index (χ1) is 16.7. The quantitative estimate of drug-likeness (QED) is 0.371. The van der Waals surface area contributed by atoms with Crippen LogP contribution in [0.15, 0.2) is 65.8 Å². The van der Waals surface area contributed by atoms with E-state index < -0.39 is 16.1 Å². The van der Waals surface area contributed by atoms with Crippen molar-refractivity contribution in [3.63, 3.8) is 0 Å². The number of anilines is 1. The van der Waals surface area contributed by atoms with Crippen LogP contribution in [0, 0.1) is 0 Å². The smallest absolute Gasteiger partial charge is 0.404 e. The van der Waals surface area contributed by atoms with Crippen molar-refractivity contribution >= 4 is 21.8 Å². The van der Waals surface area contributed by atoms with Crippen molar-refractivity contribution in [2.45, 2.75) is 24.8 Å². The van der Waals surface area contributed by atoms with Crippen LogP contribution in [0.25, 0.3) is 0 Å². The Balaban J connectivity index is 1.95. The molecular formula is C24H27N3O7S. The van der Waals surface area contributed by atoms with Crippen LogP contribution in [0.5, 0.6) is 23.0 Å². The predicted octanol–water partition coefficient (Wildman–Crippen LogP) is 4.28. The molecule has 0 aliphatic heterocycles. The van der Waals surface area contributed by atoms with E-state index in [1.165, 1.54) is 25.4 Å². The van der Waals surface area contributed by atoms with E-state index in [0.717, 1.165) is 5.56 Å². The van der Waals surface area contributed by atoms with Crippen molar-refractivity contribution in [1.82, 2.24) is 4.98 Å². The molecule has 35 heavy (non-hydrogen) atoms. The van der Waals surface area contributed by atoms with Crippen LogP contribution < -0.4 is 24.7 Å². The molecule has 0 saturated carbocycles. The molecule has 11 heteroatoms. The number of nitrogens with one attached hydrogen (secondary N) is 1. The second-order valence-corrected chi connectivity index (χ2v) is 9.22. The molecule has 0 spiro atoms. The predicted molar refractivity (Wildman–Crippen MR) is 130 cm³/mol. The first-order valence-electron chi connectivity index (χ1n) is 10.7. The number of benzene rings is 2. The van der Waals surface area contributed by atoms with Gasteiger partial charge in [0.2, 0.25) is 0 Å². The van der Waals surface area contributed by atoms with Gasteiger partial charge in [0.25, 0.3) is 10.0 Å². The number of nitrogens with zero attached hydrogens (tertiary/aromatic N) is 1. The highest BCUT2D eigenvalue weighted by Gasteiger charge is 2.22. The molecule has 0 fully saturated rings. The minimum Gasteiger partial charge on any atom is -0.493 e. The fourth-order valence-corrected chi connectivity index (χ4v) is 4.00. The van der Waals surface area contributed by atoms with Crippen LogP contribution in [0.2, 0.25) is 0 Å².